The van der Waals surface area contributed by atoms with E-state index < -0.39 is 16.9 Å². The van der Waals surface area contributed by atoms with Gasteiger partial charge in [-0.25, -0.2) is 0 Å². The SMILES string of the molecule is CCc1ccc(NC(=O)[C@@H](C)Oc2ccc(OC)cc2[N+](=O)[O-])cc1. The summed E-state index contributed by atoms with van der Waals surface area (Å²) in [5.74, 6) is -0.0451. The molecule has 7 nitrogen and oxygen atoms in total. The lowest BCUT2D eigenvalue weighted by Gasteiger charge is -2.15. The molecule has 1 atom stereocenters. The second-order valence-electron chi connectivity index (χ2n) is 5.39. The first-order valence-corrected chi connectivity index (χ1v) is 7.83. The number of nitrogens with one attached hydrogen (secondary N) is 1. The Kier molecular flexibility index (Phi) is 5.94. The summed E-state index contributed by atoms with van der Waals surface area (Å²) in [4.78, 5) is 22.8. The summed E-state index contributed by atoms with van der Waals surface area (Å²) in [5.41, 5.74) is 1.55. The second kappa shape index (κ2) is 8.14. The number of nitro groups is 1. The summed E-state index contributed by atoms with van der Waals surface area (Å²) >= 11 is 0. The molecule has 0 heterocycles. The summed E-state index contributed by atoms with van der Waals surface area (Å²) < 4.78 is 10.4. The molecule has 0 bridgehead atoms. The third kappa shape index (κ3) is 4.69. The van der Waals surface area contributed by atoms with E-state index in [1.165, 1.54) is 32.2 Å². The Bertz CT molecular complexity index is 759. The minimum Gasteiger partial charge on any atom is -0.496 e. The Morgan fingerprint density at radius 1 is 1.24 bits per heavy atom. The standard InChI is InChI=1S/C18H20N2O5/c1-4-13-5-7-14(8-6-13)19-18(21)12(2)25-17-10-9-15(24-3)11-16(17)20(22)23/h5-12H,4H2,1-3H3,(H,19,21)/t12-/m1/s1. The number of carbonyl (C=O) groups is 1. The largest absolute Gasteiger partial charge is 0.496 e. The van der Waals surface area contributed by atoms with Crippen molar-refractivity contribution in [1.82, 2.24) is 0 Å². The summed E-state index contributed by atoms with van der Waals surface area (Å²) in [5, 5.41) is 13.9. The molecule has 2 aromatic rings. The lowest BCUT2D eigenvalue weighted by Crippen LogP contribution is -2.30. The van der Waals surface area contributed by atoms with Crippen molar-refractivity contribution < 1.29 is 19.2 Å². The summed E-state index contributed by atoms with van der Waals surface area (Å²) in [6.45, 7) is 3.58. The van der Waals surface area contributed by atoms with E-state index >= 15 is 0 Å². The van der Waals surface area contributed by atoms with E-state index in [0.717, 1.165) is 12.0 Å². The van der Waals surface area contributed by atoms with Gasteiger partial charge in [-0.05, 0) is 43.2 Å². The van der Waals surface area contributed by atoms with Crippen molar-refractivity contribution in [2.75, 3.05) is 12.4 Å². The van der Waals surface area contributed by atoms with E-state index in [0.29, 0.717) is 11.4 Å². The van der Waals surface area contributed by atoms with Crippen LogP contribution in [0, 0.1) is 10.1 Å². The number of nitrogens with zero attached hydrogens (tertiary/aromatic N) is 1. The molecule has 0 aliphatic carbocycles. The van der Waals surface area contributed by atoms with Crippen molar-refractivity contribution in [2.24, 2.45) is 0 Å². The van der Waals surface area contributed by atoms with E-state index in [-0.39, 0.29) is 11.4 Å². The lowest BCUT2D eigenvalue weighted by molar-refractivity contribution is -0.386. The van der Waals surface area contributed by atoms with Crippen LogP contribution in [-0.2, 0) is 11.2 Å². The Balaban J connectivity index is 2.08. The van der Waals surface area contributed by atoms with Gasteiger partial charge in [0, 0.05) is 5.69 Å². The molecule has 0 aliphatic rings. The predicted octanol–water partition coefficient (Wildman–Crippen LogP) is 3.57. The van der Waals surface area contributed by atoms with Crippen LogP contribution in [0.1, 0.15) is 19.4 Å². The van der Waals surface area contributed by atoms with Crippen LogP contribution >= 0.6 is 0 Å². The number of rotatable bonds is 7. The van der Waals surface area contributed by atoms with Crippen LogP contribution in [0.5, 0.6) is 11.5 Å². The first kappa shape index (κ1) is 18.3. The maximum absolute atomic E-state index is 12.2. The van der Waals surface area contributed by atoms with Gasteiger partial charge in [0.05, 0.1) is 18.1 Å². The molecule has 2 aromatic carbocycles. The molecule has 0 aromatic heterocycles. The van der Waals surface area contributed by atoms with Gasteiger partial charge >= 0.3 is 5.69 Å². The Labute approximate surface area is 145 Å². The summed E-state index contributed by atoms with van der Waals surface area (Å²) in [7, 11) is 1.42. The number of hydrogen-bond acceptors (Lipinski definition) is 5. The Morgan fingerprint density at radius 3 is 2.48 bits per heavy atom. The number of hydrogen-bond donors (Lipinski definition) is 1. The van der Waals surface area contributed by atoms with Crippen molar-refractivity contribution in [3.63, 3.8) is 0 Å². The number of methoxy groups -OCH3 is 1. The molecule has 0 aliphatic heterocycles. The van der Waals surface area contributed by atoms with Gasteiger partial charge in [0.1, 0.15) is 5.75 Å². The van der Waals surface area contributed by atoms with Gasteiger partial charge in [0.2, 0.25) is 0 Å². The number of amides is 1. The summed E-state index contributed by atoms with van der Waals surface area (Å²) in [6.07, 6.45) is 0.00691. The van der Waals surface area contributed by atoms with Crippen molar-refractivity contribution in [2.45, 2.75) is 26.4 Å². The third-order valence-corrected chi connectivity index (χ3v) is 3.67. The van der Waals surface area contributed by atoms with E-state index in [1.54, 1.807) is 12.1 Å². The number of ether oxygens (including phenoxy) is 2. The molecule has 0 unspecified atom stereocenters. The van der Waals surface area contributed by atoms with Crippen LogP contribution in [0.25, 0.3) is 0 Å². The number of nitro benzene ring substituents is 1. The lowest BCUT2D eigenvalue weighted by atomic mass is 10.1. The molecule has 2 rings (SSSR count). The fourth-order valence-corrected chi connectivity index (χ4v) is 2.18. The van der Waals surface area contributed by atoms with Crippen LogP contribution in [0.4, 0.5) is 11.4 Å². The highest BCUT2D eigenvalue weighted by molar-refractivity contribution is 5.94. The number of anilines is 1. The normalized spacial score (nSPS) is 11.5. The van der Waals surface area contributed by atoms with Gasteiger partial charge in [-0.15, -0.1) is 0 Å². The minimum absolute atomic E-state index is 0.00906. The molecular weight excluding hydrogens is 324 g/mol. The highest BCUT2D eigenvalue weighted by Gasteiger charge is 2.22. The fourth-order valence-electron chi connectivity index (χ4n) is 2.18. The number of carbonyl (C=O) groups excluding carboxylic acids is 1. The van der Waals surface area contributed by atoms with Gasteiger partial charge in [0.25, 0.3) is 5.91 Å². The molecule has 0 saturated carbocycles. The summed E-state index contributed by atoms with van der Waals surface area (Å²) in [6, 6.07) is 11.7. The molecule has 1 N–H and O–H groups in total. The molecule has 1 amide bonds. The zero-order chi connectivity index (χ0) is 18.4. The van der Waals surface area contributed by atoms with Gasteiger partial charge in [0.15, 0.2) is 11.9 Å². The van der Waals surface area contributed by atoms with Crippen LogP contribution < -0.4 is 14.8 Å². The average molecular weight is 344 g/mol. The van der Waals surface area contributed by atoms with E-state index in [9.17, 15) is 14.9 Å². The van der Waals surface area contributed by atoms with Gasteiger partial charge in [-0.2, -0.15) is 0 Å². The van der Waals surface area contributed by atoms with Crippen molar-refractivity contribution in [3.8, 4) is 11.5 Å². The molecule has 0 spiro atoms. The molecule has 25 heavy (non-hydrogen) atoms. The molecule has 132 valence electrons. The van der Waals surface area contributed by atoms with Crippen LogP contribution in [0.2, 0.25) is 0 Å². The van der Waals surface area contributed by atoms with Crippen molar-refractivity contribution in [3.05, 3.63) is 58.1 Å². The molecule has 0 saturated heterocycles. The number of benzene rings is 2. The molecule has 7 heteroatoms. The van der Waals surface area contributed by atoms with Gasteiger partial charge in [-0.3, -0.25) is 14.9 Å². The minimum atomic E-state index is -0.905. The van der Waals surface area contributed by atoms with Crippen LogP contribution in [0.3, 0.4) is 0 Å². The van der Waals surface area contributed by atoms with Crippen LogP contribution in [-0.4, -0.2) is 24.0 Å². The Morgan fingerprint density at radius 2 is 1.92 bits per heavy atom. The Hall–Kier alpha value is -3.09. The second-order valence-corrected chi connectivity index (χ2v) is 5.39. The van der Waals surface area contributed by atoms with Crippen molar-refractivity contribution in [1.29, 1.82) is 0 Å². The van der Waals surface area contributed by atoms with Gasteiger partial charge in [-0.1, -0.05) is 19.1 Å². The fraction of sp³-hybridized carbons (Fsp3) is 0.278. The maximum atomic E-state index is 12.2. The zero-order valence-corrected chi connectivity index (χ0v) is 14.3. The predicted molar refractivity (Wildman–Crippen MR) is 94.2 cm³/mol. The molecule has 0 radical (unpaired) electrons. The van der Waals surface area contributed by atoms with Crippen LogP contribution in [0.15, 0.2) is 42.5 Å². The first-order chi connectivity index (χ1) is 11.9. The highest BCUT2D eigenvalue weighted by Crippen LogP contribution is 2.31. The van der Waals surface area contributed by atoms with Crippen molar-refractivity contribution >= 4 is 17.3 Å². The van der Waals surface area contributed by atoms with E-state index in [2.05, 4.69) is 5.32 Å². The zero-order valence-electron chi connectivity index (χ0n) is 14.3. The average Bonchev–Trinajstić information content (AvgIpc) is 2.62. The monoisotopic (exact) mass is 344 g/mol. The maximum Gasteiger partial charge on any atom is 0.314 e. The first-order valence-electron chi connectivity index (χ1n) is 7.83. The number of aryl methyl sites for hydroxylation is 1. The molecular formula is C18H20N2O5. The van der Waals surface area contributed by atoms with Gasteiger partial charge < -0.3 is 14.8 Å². The smallest absolute Gasteiger partial charge is 0.314 e. The third-order valence-electron chi connectivity index (χ3n) is 3.67. The van der Waals surface area contributed by atoms with E-state index in [4.69, 9.17) is 9.47 Å². The quantitative estimate of drug-likeness (QED) is 0.612. The van der Waals surface area contributed by atoms with E-state index in [1.807, 2.05) is 19.1 Å². The topological polar surface area (TPSA) is 90.7 Å². The molecule has 0 fully saturated rings. The highest BCUT2D eigenvalue weighted by atomic mass is 16.6.